The number of aromatic nitrogens is 1. The minimum Gasteiger partial charge on any atom is -0.246 e. The second-order valence-electron chi connectivity index (χ2n) is 6.48. The van der Waals surface area contributed by atoms with Crippen LogP contribution in [0.25, 0.3) is 0 Å². The molecule has 1 aliphatic carbocycles. The minimum absolute atomic E-state index is 0.167. The summed E-state index contributed by atoms with van der Waals surface area (Å²) < 4.78 is 0. The summed E-state index contributed by atoms with van der Waals surface area (Å²) in [6.07, 6.45) is 7.55. The molecule has 3 heteroatoms. The zero-order chi connectivity index (χ0) is 13.2. The smallest absolute Gasteiger partial charge is 0.0929 e. The van der Waals surface area contributed by atoms with Gasteiger partial charge in [-0.15, -0.1) is 22.9 Å². The van der Waals surface area contributed by atoms with Crippen molar-refractivity contribution >= 4 is 22.9 Å². The molecule has 0 spiro atoms. The van der Waals surface area contributed by atoms with Crippen LogP contribution in [0.2, 0.25) is 0 Å². The Morgan fingerprint density at radius 2 is 2.06 bits per heavy atom. The Morgan fingerprint density at radius 3 is 2.61 bits per heavy atom. The monoisotopic (exact) mass is 285 g/mol. The topological polar surface area (TPSA) is 12.9 Å². The van der Waals surface area contributed by atoms with Crippen molar-refractivity contribution < 1.29 is 0 Å². The molecule has 0 aromatic carbocycles. The lowest BCUT2D eigenvalue weighted by Gasteiger charge is -2.16. The number of hydrogen-bond donors (Lipinski definition) is 0. The fourth-order valence-corrected chi connectivity index (χ4v) is 3.99. The lowest BCUT2D eigenvalue weighted by atomic mass is 9.93. The maximum atomic E-state index is 6.51. The van der Waals surface area contributed by atoms with Crippen molar-refractivity contribution in [2.45, 2.75) is 70.1 Å². The number of aryl methyl sites for hydroxylation is 1. The van der Waals surface area contributed by atoms with E-state index in [0.717, 1.165) is 18.8 Å². The first-order chi connectivity index (χ1) is 8.47. The van der Waals surface area contributed by atoms with Crippen molar-refractivity contribution in [3.05, 3.63) is 16.1 Å². The van der Waals surface area contributed by atoms with Gasteiger partial charge in [0, 0.05) is 22.6 Å². The SMILES string of the molecule is CC(C)(C)c1csc(CCC(Cl)C2CCCC2)n1. The second kappa shape index (κ2) is 5.92. The lowest BCUT2D eigenvalue weighted by molar-refractivity contribution is 0.491. The van der Waals surface area contributed by atoms with Crippen LogP contribution in [0.1, 0.15) is 63.6 Å². The second-order valence-corrected chi connectivity index (χ2v) is 7.98. The Bertz CT molecular complexity index is 374. The summed E-state index contributed by atoms with van der Waals surface area (Å²) in [7, 11) is 0. The van der Waals surface area contributed by atoms with Crippen molar-refractivity contribution in [3.8, 4) is 0 Å². The van der Waals surface area contributed by atoms with Crippen molar-refractivity contribution in [2.75, 3.05) is 0 Å². The van der Waals surface area contributed by atoms with Gasteiger partial charge >= 0.3 is 0 Å². The molecular formula is C15H24ClNS. The van der Waals surface area contributed by atoms with Gasteiger partial charge in [-0.3, -0.25) is 0 Å². The van der Waals surface area contributed by atoms with E-state index < -0.39 is 0 Å². The predicted molar refractivity (Wildman–Crippen MR) is 80.7 cm³/mol. The predicted octanol–water partition coefficient (Wildman–Crippen LogP) is 5.17. The highest BCUT2D eigenvalue weighted by Gasteiger charge is 2.23. The van der Waals surface area contributed by atoms with Crippen LogP contribution < -0.4 is 0 Å². The molecule has 0 N–H and O–H groups in total. The highest BCUT2D eigenvalue weighted by molar-refractivity contribution is 7.09. The van der Waals surface area contributed by atoms with Gasteiger partial charge in [-0.05, 0) is 25.2 Å². The van der Waals surface area contributed by atoms with Crippen LogP contribution in [-0.2, 0) is 11.8 Å². The first-order valence-electron chi connectivity index (χ1n) is 7.06. The molecule has 1 saturated carbocycles. The molecular weight excluding hydrogens is 262 g/mol. The van der Waals surface area contributed by atoms with Gasteiger partial charge in [0.1, 0.15) is 0 Å². The van der Waals surface area contributed by atoms with Crippen LogP contribution in [0.3, 0.4) is 0 Å². The Kier molecular flexibility index (Phi) is 4.71. The highest BCUT2D eigenvalue weighted by Crippen LogP contribution is 2.33. The number of alkyl halides is 1. The molecule has 0 amide bonds. The number of rotatable bonds is 4. The molecule has 0 radical (unpaired) electrons. The van der Waals surface area contributed by atoms with Gasteiger partial charge in [0.15, 0.2) is 0 Å². The summed E-state index contributed by atoms with van der Waals surface area (Å²) in [6.45, 7) is 6.65. The molecule has 1 fully saturated rings. The minimum atomic E-state index is 0.167. The summed E-state index contributed by atoms with van der Waals surface area (Å²) in [4.78, 5) is 4.74. The maximum Gasteiger partial charge on any atom is 0.0929 e. The molecule has 1 aromatic rings. The standard InChI is InChI=1S/C15H24ClNS/c1-15(2,3)13-10-18-14(17-13)9-8-12(16)11-6-4-5-7-11/h10-12H,4-9H2,1-3H3. The van der Waals surface area contributed by atoms with E-state index in [-0.39, 0.29) is 5.41 Å². The van der Waals surface area contributed by atoms with Crippen LogP contribution in [0, 0.1) is 5.92 Å². The molecule has 1 nitrogen and oxygen atoms in total. The molecule has 102 valence electrons. The van der Waals surface area contributed by atoms with Gasteiger partial charge in [0.25, 0.3) is 0 Å². The summed E-state index contributed by atoms with van der Waals surface area (Å²) in [6, 6.07) is 0. The normalized spacial score (nSPS) is 19.3. The quantitative estimate of drug-likeness (QED) is 0.696. The van der Waals surface area contributed by atoms with Crippen molar-refractivity contribution in [1.29, 1.82) is 0 Å². The van der Waals surface area contributed by atoms with Gasteiger partial charge < -0.3 is 0 Å². The average Bonchev–Trinajstić information content (AvgIpc) is 2.96. The third kappa shape index (κ3) is 3.71. The zero-order valence-corrected chi connectivity index (χ0v) is 13.3. The first-order valence-corrected chi connectivity index (χ1v) is 8.37. The van der Waals surface area contributed by atoms with Crippen LogP contribution in [0.15, 0.2) is 5.38 Å². The molecule has 0 aliphatic heterocycles. The molecule has 2 rings (SSSR count). The van der Waals surface area contributed by atoms with Gasteiger partial charge in [-0.25, -0.2) is 4.98 Å². The Morgan fingerprint density at radius 1 is 1.39 bits per heavy atom. The third-order valence-electron chi connectivity index (χ3n) is 3.87. The zero-order valence-electron chi connectivity index (χ0n) is 11.7. The molecule has 1 aliphatic rings. The fourth-order valence-electron chi connectivity index (χ4n) is 2.59. The van der Waals surface area contributed by atoms with Gasteiger partial charge in [-0.1, -0.05) is 33.6 Å². The largest absolute Gasteiger partial charge is 0.246 e. The van der Waals surface area contributed by atoms with E-state index in [0.29, 0.717) is 5.38 Å². The number of nitrogens with zero attached hydrogens (tertiary/aromatic N) is 1. The summed E-state index contributed by atoms with van der Waals surface area (Å²) in [5, 5.41) is 3.81. The number of halogens is 1. The summed E-state index contributed by atoms with van der Waals surface area (Å²) in [5.74, 6) is 0.758. The number of thiazole rings is 1. The average molecular weight is 286 g/mol. The summed E-state index contributed by atoms with van der Waals surface area (Å²) in [5.41, 5.74) is 1.38. The fraction of sp³-hybridized carbons (Fsp3) is 0.800. The van der Waals surface area contributed by atoms with E-state index in [1.165, 1.54) is 36.4 Å². The molecule has 18 heavy (non-hydrogen) atoms. The van der Waals surface area contributed by atoms with Crippen molar-refractivity contribution in [1.82, 2.24) is 4.98 Å². The van der Waals surface area contributed by atoms with Gasteiger partial charge in [-0.2, -0.15) is 0 Å². The molecule has 1 atom stereocenters. The maximum absolute atomic E-state index is 6.51. The highest BCUT2D eigenvalue weighted by atomic mass is 35.5. The Labute approximate surface area is 120 Å². The van der Waals surface area contributed by atoms with Crippen LogP contribution in [0.5, 0.6) is 0 Å². The van der Waals surface area contributed by atoms with Crippen molar-refractivity contribution in [3.63, 3.8) is 0 Å². The van der Waals surface area contributed by atoms with E-state index in [2.05, 4.69) is 26.2 Å². The van der Waals surface area contributed by atoms with Crippen molar-refractivity contribution in [2.24, 2.45) is 5.92 Å². The molecule has 1 aromatic heterocycles. The van der Waals surface area contributed by atoms with Crippen LogP contribution in [0.4, 0.5) is 0 Å². The Balaban J connectivity index is 1.84. The van der Waals surface area contributed by atoms with Gasteiger partial charge in [0.05, 0.1) is 10.7 Å². The molecule has 0 saturated heterocycles. The van der Waals surface area contributed by atoms with E-state index in [1.54, 1.807) is 11.3 Å². The molecule has 1 heterocycles. The van der Waals surface area contributed by atoms with E-state index in [9.17, 15) is 0 Å². The van der Waals surface area contributed by atoms with Gasteiger partial charge in [0.2, 0.25) is 0 Å². The lowest BCUT2D eigenvalue weighted by Crippen LogP contribution is -2.13. The van der Waals surface area contributed by atoms with E-state index in [4.69, 9.17) is 16.6 Å². The van der Waals surface area contributed by atoms with Crippen LogP contribution in [-0.4, -0.2) is 10.4 Å². The van der Waals surface area contributed by atoms with E-state index >= 15 is 0 Å². The third-order valence-corrected chi connectivity index (χ3v) is 5.35. The first kappa shape index (κ1) is 14.3. The molecule has 0 bridgehead atoms. The molecule has 1 unspecified atom stereocenters. The summed E-state index contributed by atoms with van der Waals surface area (Å²) >= 11 is 8.30. The van der Waals surface area contributed by atoms with Crippen LogP contribution >= 0.6 is 22.9 Å². The van der Waals surface area contributed by atoms with E-state index in [1.807, 2.05) is 0 Å². The number of hydrogen-bond acceptors (Lipinski definition) is 2. The Hall–Kier alpha value is -0.0800.